The summed E-state index contributed by atoms with van der Waals surface area (Å²) < 4.78 is 6.70. The van der Waals surface area contributed by atoms with Crippen molar-refractivity contribution in [2.45, 2.75) is 18.3 Å². The summed E-state index contributed by atoms with van der Waals surface area (Å²) in [6, 6.07) is 26.9. The largest absolute Gasteiger partial charge is 0.508 e. The van der Waals surface area contributed by atoms with Crippen LogP contribution in [-0.2, 0) is 10.2 Å². The molecule has 3 N–H and O–H groups in total. The Bertz CT molecular complexity index is 1030. The number of quaternary nitrogens is 1. The van der Waals surface area contributed by atoms with E-state index >= 15 is 0 Å². The van der Waals surface area contributed by atoms with Crippen molar-refractivity contribution in [3.05, 3.63) is 96.1 Å². The van der Waals surface area contributed by atoms with E-state index in [1.54, 1.807) is 18.2 Å². The Morgan fingerprint density at radius 2 is 1.67 bits per heavy atom. The Labute approximate surface area is 196 Å². The van der Waals surface area contributed by atoms with Crippen LogP contribution in [0.5, 0.6) is 11.5 Å². The number of hydrogen-bond donors (Lipinski definition) is 2. The number of phenols is 1. The average Bonchev–Trinajstić information content (AvgIpc) is 3.21. The summed E-state index contributed by atoms with van der Waals surface area (Å²) in [6.45, 7) is 3.40. The van der Waals surface area contributed by atoms with Gasteiger partial charge in [0.1, 0.15) is 16.9 Å². The molecule has 1 amide bonds. The van der Waals surface area contributed by atoms with Gasteiger partial charge in [-0.25, -0.2) is 0 Å². The summed E-state index contributed by atoms with van der Waals surface area (Å²) in [6.07, 6.45) is 1.82. The molecular formula is C28H33N2O3+. The molecule has 0 bridgehead atoms. The molecule has 1 saturated heterocycles. The molecule has 1 aliphatic rings. The number of primary amides is 1. The minimum atomic E-state index is -0.851. The predicted molar refractivity (Wildman–Crippen MR) is 130 cm³/mol. The highest BCUT2D eigenvalue weighted by atomic mass is 16.5. The highest BCUT2D eigenvalue weighted by molar-refractivity contribution is 5.91. The van der Waals surface area contributed by atoms with Crippen LogP contribution < -0.4 is 10.5 Å². The van der Waals surface area contributed by atoms with Crippen LogP contribution in [0.1, 0.15) is 24.0 Å². The van der Waals surface area contributed by atoms with Crippen LogP contribution in [0.2, 0.25) is 0 Å². The van der Waals surface area contributed by atoms with E-state index in [1.807, 2.05) is 66.7 Å². The minimum absolute atomic E-state index is 0.108. The van der Waals surface area contributed by atoms with E-state index in [9.17, 15) is 9.90 Å². The van der Waals surface area contributed by atoms with Crippen LogP contribution in [-0.4, -0.2) is 48.8 Å². The van der Waals surface area contributed by atoms with E-state index in [1.165, 1.54) is 0 Å². The van der Waals surface area contributed by atoms with Crippen molar-refractivity contribution in [2.75, 3.05) is 33.3 Å². The SMILES string of the molecule is C[N+]1(CCCOc2cccc(O)c2)CCC(C(C(N)=O)(c2ccccc2)c2ccccc2)C1. The fourth-order valence-electron chi connectivity index (χ4n) is 5.47. The Hall–Kier alpha value is -3.31. The molecule has 0 radical (unpaired) electrons. The molecule has 1 fully saturated rings. The Morgan fingerprint density at radius 1 is 1.03 bits per heavy atom. The van der Waals surface area contributed by atoms with Gasteiger partial charge in [-0.05, 0) is 23.3 Å². The molecule has 0 spiro atoms. The minimum Gasteiger partial charge on any atom is -0.508 e. The van der Waals surface area contributed by atoms with Gasteiger partial charge in [-0.2, -0.15) is 0 Å². The van der Waals surface area contributed by atoms with Crippen LogP contribution in [0.15, 0.2) is 84.9 Å². The molecule has 5 heteroatoms. The van der Waals surface area contributed by atoms with Gasteiger partial charge < -0.3 is 20.1 Å². The molecule has 3 aromatic carbocycles. The lowest BCUT2D eigenvalue weighted by Gasteiger charge is -2.38. The molecule has 1 heterocycles. The van der Waals surface area contributed by atoms with Crippen molar-refractivity contribution < 1.29 is 19.1 Å². The van der Waals surface area contributed by atoms with Gasteiger partial charge in [-0.1, -0.05) is 66.7 Å². The number of carbonyl (C=O) groups is 1. The Balaban J connectivity index is 1.52. The molecule has 172 valence electrons. The Kier molecular flexibility index (Phi) is 6.70. The van der Waals surface area contributed by atoms with Gasteiger partial charge in [0.25, 0.3) is 0 Å². The summed E-state index contributed by atoms with van der Waals surface area (Å²) in [4.78, 5) is 13.2. The maximum atomic E-state index is 13.2. The third kappa shape index (κ3) is 4.74. The number of aromatic hydroxyl groups is 1. The van der Waals surface area contributed by atoms with Crippen LogP contribution in [0.4, 0.5) is 0 Å². The number of nitrogens with zero attached hydrogens (tertiary/aromatic N) is 1. The number of carbonyl (C=O) groups excluding carboxylic acids is 1. The number of phenolic OH excluding ortho intramolecular Hbond substituents is 1. The second-order valence-corrected chi connectivity index (χ2v) is 9.34. The van der Waals surface area contributed by atoms with Crippen molar-refractivity contribution in [3.63, 3.8) is 0 Å². The molecule has 33 heavy (non-hydrogen) atoms. The molecule has 0 aromatic heterocycles. The van der Waals surface area contributed by atoms with E-state index < -0.39 is 5.41 Å². The van der Waals surface area contributed by atoms with Gasteiger partial charge in [0.05, 0.1) is 33.3 Å². The van der Waals surface area contributed by atoms with Crippen LogP contribution in [0.3, 0.4) is 0 Å². The number of amides is 1. The number of hydrogen-bond acceptors (Lipinski definition) is 3. The Morgan fingerprint density at radius 3 is 2.24 bits per heavy atom. The van der Waals surface area contributed by atoms with Crippen LogP contribution >= 0.6 is 0 Å². The molecule has 4 rings (SSSR count). The zero-order valence-electron chi connectivity index (χ0n) is 19.2. The topological polar surface area (TPSA) is 72.6 Å². The summed E-state index contributed by atoms with van der Waals surface area (Å²) in [7, 11) is 2.26. The van der Waals surface area contributed by atoms with Gasteiger partial charge in [0, 0.05) is 24.8 Å². The number of benzene rings is 3. The van der Waals surface area contributed by atoms with Crippen LogP contribution in [0.25, 0.3) is 0 Å². The number of nitrogens with two attached hydrogens (primary N) is 1. The van der Waals surface area contributed by atoms with E-state index in [-0.39, 0.29) is 17.6 Å². The second kappa shape index (κ2) is 9.67. The van der Waals surface area contributed by atoms with Gasteiger partial charge >= 0.3 is 0 Å². The van der Waals surface area contributed by atoms with Crippen molar-refractivity contribution >= 4 is 5.91 Å². The standard InChI is InChI=1S/C28H32N2O3/c1-30(17-9-19-33-26-15-8-14-25(31)20-26)18-16-24(21-30)28(27(29)32,22-10-4-2-5-11-22)23-12-6-3-7-13-23/h2-8,10-15,20,24H,9,16-19,21H2,1H3,(H2-,29,31,32)/p+1. The lowest BCUT2D eigenvalue weighted by molar-refractivity contribution is -0.899. The van der Waals surface area contributed by atoms with Gasteiger partial charge in [0.15, 0.2) is 0 Å². The second-order valence-electron chi connectivity index (χ2n) is 9.34. The number of ether oxygens (including phenoxy) is 1. The summed E-state index contributed by atoms with van der Waals surface area (Å²) >= 11 is 0. The van der Waals surface area contributed by atoms with Gasteiger partial charge in [-0.3, -0.25) is 4.79 Å². The van der Waals surface area contributed by atoms with Gasteiger partial charge in [-0.15, -0.1) is 0 Å². The maximum absolute atomic E-state index is 13.2. The van der Waals surface area contributed by atoms with Crippen molar-refractivity contribution in [1.29, 1.82) is 0 Å². The van der Waals surface area contributed by atoms with E-state index in [0.29, 0.717) is 12.4 Å². The summed E-state index contributed by atoms with van der Waals surface area (Å²) in [5.41, 5.74) is 7.30. The first-order valence-electron chi connectivity index (χ1n) is 11.6. The first kappa shape index (κ1) is 22.9. The van der Waals surface area contributed by atoms with Crippen LogP contribution in [0, 0.1) is 5.92 Å². The monoisotopic (exact) mass is 445 g/mol. The quantitative estimate of drug-likeness (QED) is 0.385. The lowest BCUT2D eigenvalue weighted by atomic mass is 9.64. The average molecular weight is 446 g/mol. The number of rotatable bonds is 9. The fraction of sp³-hybridized carbons (Fsp3) is 0.321. The zero-order valence-corrected chi connectivity index (χ0v) is 19.2. The molecule has 0 saturated carbocycles. The third-order valence-electron chi connectivity index (χ3n) is 7.07. The zero-order chi connectivity index (χ0) is 23.3. The predicted octanol–water partition coefficient (Wildman–Crippen LogP) is 4.10. The first-order valence-corrected chi connectivity index (χ1v) is 11.6. The van der Waals surface area contributed by atoms with Crippen molar-refractivity contribution in [3.8, 4) is 11.5 Å². The normalized spacial score (nSPS) is 20.5. The summed E-state index contributed by atoms with van der Waals surface area (Å²) in [5, 5.41) is 9.60. The van der Waals surface area contributed by atoms with E-state index in [2.05, 4.69) is 7.05 Å². The molecule has 2 unspecified atom stereocenters. The molecule has 1 aliphatic heterocycles. The van der Waals surface area contributed by atoms with Crippen molar-refractivity contribution in [2.24, 2.45) is 11.7 Å². The molecular weight excluding hydrogens is 412 g/mol. The van der Waals surface area contributed by atoms with Crippen molar-refractivity contribution in [1.82, 2.24) is 0 Å². The third-order valence-corrected chi connectivity index (χ3v) is 7.07. The molecule has 0 aliphatic carbocycles. The molecule has 3 aromatic rings. The molecule has 2 atom stereocenters. The highest BCUT2D eigenvalue weighted by Crippen LogP contribution is 2.45. The van der Waals surface area contributed by atoms with Gasteiger partial charge in [0.2, 0.25) is 5.91 Å². The fourth-order valence-corrected chi connectivity index (χ4v) is 5.47. The van der Waals surface area contributed by atoms with E-state index in [0.717, 1.165) is 48.1 Å². The lowest BCUT2D eigenvalue weighted by Crippen LogP contribution is -2.51. The maximum Gasteiger partial charge on any atom is 0.233 e. The number of likely N-dealkylation sites (tertiary alicyclic amines) is 1. The molecule has 5 nitrogen and oxygen atoms in total. The smallest absolute Gasteiger partial charge is 0.233 e. The first-order chi connectivity index (χ1) is 15.9. The van der Waals surface area contributed by atoms with E-state index in [4.69, 9.17) is 10.5 Å². The summed E-state index contributed by atoms with van der Waals surface area (Å²) in [5.74, 6) is 0.707. The highest BCUT2D eigenvalue weighted by Gasteiger charge is 2.53.